The van der Waals surface area contributed by atoms with Crippen LogP contribution in [0.1, 0.15) is 36.1 Å². The van der Waals surface area contributed by atoms with Gasteiger partial charge in [-0.2, -0.15) is 0 Å². The fourth-order valence-electron chi connectivity index (χ4n) is 8.32. The zero-order chi connectivity index (χ0) is 28.8. The fraction of sp³-hybridized carbons (Fsp3) is 0.143. The zero-order valence-electron chi connectivity index (χ0n) is 24.5. The van der Waals surface area contributed by atoms with Crippen molar-refractivity contribution in [1.29, 1.82) is 0 Å². The van der Waals surface area contributed by atoms with Crippen molar-refractivity contribution in [3.8, 4) is 5.69 Å². The largest absolute Gasteiger partial charge is 0.310 e. The molecule has 1 aliphatic heterocycles. The van der Waals surface area contributed by atoms with E-state index in [1.807, 2.05) is 0 Å². The first kappa shape index (κ1) is 24.9. The second-order valence-corrected chi connectivity index (χ2v) is 13.8. The predicted octanol–water partition coefficient (Wildman–Crippen LogP) is 11.3. The highest BCUT2D eigenvalue weighted by Gasteiger charge is 2.36. The van der Waals surface area contributed by atoms with Gasteiger partial charge in [-0.3, -0.25) is 0 Å². The lowest BCUT2D eigenvalue weighted by Gasteiger charge is -2.19. The standard InChI is InChI=1S/C42H31NS/c1-2-12-31-29(10-1)30-11-3-4-13-32(30)37-25-27(21-22-33(31)37)43-39-18-7-5-14-34(39)38-24-26(20-23-40(38)43)28-16-9-17-36-35-15-6-8-19-41(35)44-42(28)36/h1-4,6-8,10-13,15-16,18-25,35,41H,5,9,14,17H2. The molecule has 2 atom stereocenters. The van der Waals surface area contributed by atoms with Gasteiger partial charge in [0.05, 0.1) is 5.52 Å². The Kier molecular flexibility index (Phi) is 5.36. The Morgan fingerprint density at radius 3 is 2.23 bits per heavy atom. The number of benzene rings is 5. The Morgan fingerprint density at radius 1 is 0.659 bits per heavy atom. The summed E-state index contributed by atoms with van der Waals surface area (Å²) in [4.78, 5) is 1.53. The van der Waals surface area contributed by atoms with Crippen molar-refractivity contribution in [2.75, 3.05) is 0 Å². The molecule has 4 aliphatic rings. The number of rotatable bonds is 2. The van der Waals surface area contributed by atoms with Gasteiger partial charge < -0.3 is 4.57 Å². The Bertz CT molecular complexity index is 2340. The predicted molar refractivity (Wildman–Crippen MR) is 191 cm³/mol. The molecule has 2 heterocycles. The van der Waals surface area contributed by atoms with Crippen LogP contribution in [0.3, 0.4) is 0 Å². The van der Waals surface area contributed by atoms with Crippen LogP contribution in [0.2, 0.25) is 0 Å². The van der Waals surface area contributed by atoms with Crippen molar-refractivity contribution >= 4 is 66.6 Å². The Hall–Kier alpha value is -4.53. The number of allylic oxidation sites excluding steroid dienone is 7. The molecule has 0 spiro atoms. The van der Waals surface area contributed by atoms with Crippen molar-refractivity contribution in [2.45, 2.75) is 30.9 Å². The van der Waals surface area contributed by atoms with Gasteiger partial charge in [0.25, 0.3) is 0 Å². The van der Waals surface area contributed by atoms with Crippen LogP contribution in [-0.4, -0.2) is 9.82 Å². The molecule has 210 valence electrons. The normalized spacial score (nSPS) is 20.5. The number of aryl methyl sites for hydroxylation is 1. The molecule has 0 radical (unpaired) electrons. The van der Waals surface area contributed by atoms with Crippen LogP contribution in [-0.2, 0) is 6.42 Å². The molecule has 2 unspecified atom stereocenters. The van der Waals surface area contributed by atoms with Gasteiger partial charge in [-0.25, -0.2) is 0 Å². The Morgan fingerprint density at radius 2 is 1.41 bits per heavy atom. The molecule has 0 amide bonds. The summed E-state index contributed by atoms with van der Waals surface area (Å²) < 4.78 is 2.52. The zero-order valence-corrected chi connectivity index (χ0v) is 25.3. The molecular formula is C42H31NS. The van der Waals surface area contributed by atoms with Crippen LogP contribution in [0.25, 0.3) is 60.6 Å². The minimum Gasteiger partial charge on any atom is -0.310 e. The lowest BCUT2D eigenvalue weighted by atomic mass is 9.84. The van der Waals surface area contributed by atoms with Crippen LogP contribution >= 0.6 is 11.8 Å². The topological polar surface area (TPSA) is 4.93 Å². The van der Waals surface area contributed by atoms with Crippen molar-refractivity contribution in [3.63, 3.8) is 0 Å². The summed E-state index contributed by atoms with van der Waals surface area (Å²) in [5.74, 6) is 0.563. The van der Waals surface area contributed by atoms with E-state index in [4.69, 9.17) is 0 Å². The van der Waals surface area contributed by atoms with Crippen LogP contribution < -0.4 is 0 Å². The highest BCUT2D eigenvalue weighted by atomic mass is 32.2. The van der Waals surface area contributed by atoms with Crippen LogP contribution in [0.5, 0.6) is 0 Å². The molecule has 44 heavy (non-hydrogen) atoms. The molecular weight excluding hydrogens is 551 g/mol. The maximum absolute atomic E-state index is 2.52. The van der Waals surface area contributed by atoms with E-state index in [2.05, 4.69) is 144 Å². The maximum Gasteiger partial charge on any atom is 0.0538 e. The van der Waals surface area contributed by atoms with E-state index in [-0.39, 0.29) is 0 Å². The second kappa shape index (κ2) is 9.48. The molecule has 0 fully saturated rings. The third-order valence-corrected chi connectivity index (χ3v) is 11.7. The van der Waals surface area contributed by atoms with Gasteiger partial charge in [0.1, 0.15) is 0 Å². The van der Waals surface area contributed by atoms with E-state index >= 15 is 0 Å². The summed E-state index contributed by atoms with van der Waals surface area (Å²) >= 11 is 2.08. The minimum absolute atomic E-state index is 0.551. The van der Waals surface area contributed by atoms with Crippen molar-refractivity contribution < 1.29 is 0 Å². The van der Waals surface area contributed by atoms with E-state index in [0.29, 0.717) is 11.2 Å². The molecule has 0 bridgehead atoms. The summed E-state index contributed by atoms with van der Waals surface area (Å²) in [6.07, 6.45) is 21.0. The first-order valence-corrected chi connectivity index (χ1v) is 16.8. The summed E-state index contributed by atoms with van der Waals surface area (Å²) in [7, 11) is 0. The Labute approximate surface area is 261 Å². The SMILES string of the molecule is C1=CC2SC3=C(CCC=C3c3ccc4c(c3)c3c(n4-c4ccc5c6ccccc6c6ccccc6c5c4)C=CCC3)C2C=C1. The van der Waals surface area contributed by atoms with Crippen LogP contribution in [0.15, 0.2) is 132 Å². The molecule has 3 aliphatic carbocycles. The summed E-state index contributed by atoms with van der Waals surface area (Å²) in [6.45, 7) is 0. The molecule has 2 heteroatoms. The number of hydrogen-bond acceptors (Lipinski definition) is 1. The molecule has 0 saturated carbocycles. The van der Waals surface area contributed by atoms with E-state index in [0.717, 1.165) is 19.3 Å². The average Bonchev–Trinajstić information content (AvgIpc) is 3.64. The number of hydrogen-bond donors (Lipinski definition) is 0. The molecule has 6 aromatic rings. The summed E-state index contributed by atoms with van der Waals surface area (Å²) in [5.41, 5.74) is 9.83. The summed E-state index contributed by atoms with van der Waals surface area (Å²) in [6, 6.07) is 32.1. The average molecular weight is 582 g/mol. The van der Waals surface area contributed by atoms with E-state index in [1.165, 1.54) is 82.6 Å². The highest BCUT2D eigenvalue weighted by molar-refractivity contribution is 8.04. The molecule has 0 N–H and O–H groups in total. The first-order chi connectivity index (χ1) is 21.8. The van der Waals surface area contributed by atoms with Gasteiger partial charge in [-0.15, -0.1) is 11.8 Å². The van der Waals surface area contributed by atoms with Gasteiger partial charge in [0.15, 0.2) is 0 Å². The molecule has 10 rings (SSSR count). The smallest absolute Gasteiger partial charge is 0.0538 e. The lowest BCUT2D eigenvalue weighted by Crippen LogP contribution is -2.12. The maximum atomic E-state index is 2.52. The monoisotopic (exact) mass is 581 g/mol. The number of aromatic nitrogens is 1. The van der Waals surface area contributed by atoms with E-state index in [1.54, 1.807) is 5.57 Å². The number of nitrogens with zero attached hydrogens (tertiary/aromatic N) is 1. The molecule has 5 aromatic carbocycles. The third kappa shape index (κ3) is 3.49. The molecule has 1 nitrogen and oxygen atoms in total. The number of fused-ring (bicyclic) bond motifs is 11. The second-order valence-electron chi connectivity index (χ2n) is 12.6. The number of thioether (sulfide) groups is 1. The third-order valence-electron chi connectivity index (χ3n) is 10.3. The van der Waals surface area contributed by atoms with Crippen LogP contribution in [0, 0.1) is 5.92 Å². The lowest BCUT2D eigenvalue weighted by molar-refractivity contribution is 0.739. The van der Waals surface area contributed by atoms with Gasteiger partial charge in [0.2, 0.25) is 0 Å². The van der Waals surface area contributed by atoms with Crippen LogP contribution in [0.4, 0.5) is 0 Å². The van der Waals surface area contributed by atoms with E-state index in [9.17, 15) is 0 Å². The van der Waals surface area contributed by atoms with Crippen molar-refractivity contribution in [3.05, 3.63) is 149 Å². The van der Waals surface area contributed by atoms with Gasteiger partial charge in [-0.05, 0) is 111 Å². The minimum atomic E-state index is 0.551. The quantitative estimate of drug-likeness (QED) is 0.184. The highest BCUT2D eigenvalue weighted by Crippen LogP contribution is 2.54. The van der Waals surface area contributed by atoms with E-state index < -0.39 is 0 Å². The van der Waals surface area contributed by atoms with Crippen molar-refractivity contribution in [1.82, 2.24) is 4.57 Å². The Balaban J connectivity index is 1.17. The molecule has 0 saturated heterocycles. The van der Waals surface area contributed by atoms with Gasteiger partial charge in [0, 0.05) is 32.8 Å². The fourth-order valence-corrected chi connectivity index (χ4v) is 9.88. The van der Waals surface area contributed by atoms with Crippen molar-refractivity contribution in [2.24, 2.45) is 5.92 Å². The first-order valence-electron chi connectivity index (χ1n) is 16.0. The molecule has 1 aromatic heterocycles. The van der Waals surface area contributed by atoms with Gasteiger partial charge in [-0.1, -0.05) is 97.1 Å². The summed E-state index contributed by atoms with van der Waals surface area (Å²) in [5, 5.41) is 9.87. The van der Waals surface area contributed by atoms with Gasteiger partial charge >= 0.3 is 0 Å².